The van der Waals surface area contributed by atoms with Crippen molar-refractivity contribution in [3.63, 3.8) is 0 Å². The minimum Gasteiger partial charge on any atom is -0.106 e. The Morgan fingerprint density at radius 3 is 2.31 bits per heavy atom. The van der Waals surface area contributed by atoms with Crippen LogP contribution < -0.4 is 0 Å². The van der Waals surface area contributed by atoms with Crippen molar-refractivity contribution in [2.45, 2.75) is 32.6 Å². The Bertz CT molecular complexity index is 333. The predicted octanol–water partition coefficient (Wildman–Crippen LogP) is 2.21. The van der Waals surface area contributed by atoms with Crippen molar-refractivity contribution in [3.05, 3.63) is 0 Å². The van der Waals surface area contributed by atoms with Crippen LogP contribution in [0.4, 0.5) is 0 Å². The van der Waals surface area contributed by atoms with Gasteiger partial charge in [-0.2, -0.15) is 0 Å². The molecule has 0 atom stereocenters. The largest absolute Gasteiger partial charge is 0.106 e. The van der Waals surface area contributed by atoms with E-state index in [-0.39, 0.29) is 0 Å². The first-order valence-electron chi connectivity index (χ1n) is 4.35. The van der Waals surface area contributed by atoms with Gasteiger partial charge in [0.1, 0.15) is 0 Å². The molecule has 0 aromatic rings. The van der Waals surface area contributed by atoms with Gasteiger partial charge in [-0.15, -0.1) is 6.42 Å². The van der Waals surface area contributed by atoms with Crippen LogP contribution in [0.15, 0.2) is 0 Å². The molecule has 0 N–H and O–H groups in total. The predicted molar refractivity (Wildman–Crippen MR) is 56.3 cm³/mol. The molecule has 0 heteroatoms. The number of terminal acetylenes is 1. The van der Waals surface area contributed by atoms with E-state index in [1.54, 1.807) is 0 Å². The number of unbranched alkanes of at least 4 members (excludes halogenated alkanes) is 3. The van der Waals surface area contributed by atoms with E-state index in [1.807, 2.05) is 0 Å². The summed E-state index contributed by atoms with van der Waals surface area (Å²) in [5, 5.41) is 0. The van der Waals surface area contributed by atoms with E-state index in [2.05, 4.69) is 48.4 Å². The second-order valence-corrected chi connectivity index (χ2v) is 2.40. The fourth-order valence-electron chi connectivity index (χ4n) is 0.700. The molecule has 0 saturated carbocycles. The Labute approximate surface area is 81.1 Å². The summed E-state index contributed by atoms with van der Waals surface area (Å²) in [4.78, 5) is 0. The average molecular weight is 168 g/mol. The maximum absolute atomic E-state index is 4.90. The van der Waals surface area contributed by atoms with Crippen molar-refractivity contribution in [2.75, 3.05) is 0 Å². The smallest absolute Gasteiger partial charge is 0.00989 e. The van der Waals surface area contributed by atoms with Crippen molar-refractivity contribution in [3.8, 4) is 47.9 Å². The van der Waals surface area contributed by atoms with Gasteiger partial charge in [-0.1, -0.05) is 25.7 Å². The highest BCUT2D eigenvalue weighted by Gasteiger charge is 1.79. The molecule has 0 spiro atoms. The van der Waals surface area contributed by atoms with Gasteiger partial charge in [-0.3, -0.25) is 0 Å². The van der Waals surface area contributed by atoms with E-state index in [9.17, 15) is 0 Å². The topological polar surface area (TPSA) is 0 Å². The Morgan fingerprint density at radius 1 is 0.923 bits per heavy atom. The SMILES string of the molecule is C#CC#CC#CC#CCCCCC. The molecule has 13 heavy (non-hydrogen) atoms. The Morgan fingerprint density at radius 2 is 1.62 bits per heavy atom. The highest BCUT2D eigenvalue weighted by Crippen LogP contribution is 1.96. The Balaban J connectivity index is 3.60. The van der Waals surface area contributed by atoms with Crippen LogP contribution in [0.5, 0.6) is 0 Å². The summed E-state index contributed by atoms with van der Waals surface area (Å²) in [6.07, 6.45) is 9.43. The van der Waals surface area contributed by atoms with Gasteiger partial charge in [0.2, 0.25) is 0 Å². The van der Waals surface area contributed by atoms with E-state index in [1.165, 1.54) is 12.8 Å². The molecule has 0 heterocycles. The van der Waals surface area contributed by atoms with E-state index in [0.29, 0.717) is 0 Å². The molecule has 0 saturated heterocycles. The van der Waals surface area contributed by atoms with Crippen LogP contribution >= 0.6 is 0 Å². The number of hydrogen-bond donors (Lipinski definition) is 0. The fourth-order valence-corrected chi connectivity index (χ4v) is 0.700. The van der Waals surface area contributed by atoms with Gasteiger partial charge < -0.3 is 0 Å². The average Bonchev–Trinajstić information content (AvgIpc) is 2.16. The van der Waals surface area contributed by atoms with Gasteiger partial charge >= 0.3 is 0 Å². The third-order valence-corrected chi connectivity index (χ3v) is 1.32. The van der Waals surface area contributed by atoms with Gasteiger partial charge in [0.05, 0.1) is 0 Å². The molecule has 0 aliphatic rings. The molecule has 0 fully saturated rings. The monoisotopic (exact) mass is 168 g/mol. The van der Waals surface area contributed by atoms with Crippen LogP contribution in [0.1, 0.15) is 32.6 Å². The van der Waals surface area contributed by atoms with Crippen LogP contribution in [-0.4, -0.2) is 0 Å². The van der Waals surface area contributed by atoms with Crippen molar-refractivity contribution in [1.82, 2.24) is 0 Å². The molecule has 0 aliphatic heterocycles. The fraction of sp³-hybridized carbons (Fsp3) is 0.385. The van der Waals surface area contributed by atoms with Gasteiger partial charge in [-0.25, -0.2) is 0 Å². The van der Waals surface area contributed by atoms with Crippen LogP contribution in [-0.2, 0) is 0 Å². The van der Waals surface area contributed by atoms with Gasteiger partial charge in [0, 0.05) is 6.42 Å². The molecule has 0 unspecified atom stereocenters. The first-order chi connectivity index (χ1) is 6.41. The summed E-state index contributed by atoms with van der Waals surface area (Å²) < 4.78 is 0. The van der Waals surface area contributed by atoms with Crippen molar-refractivity contribution < 1.29 is 0 Å². The second kappa shape index (κ2) is 10.2. The van der Waals surface area contributed by atoms with E-state index in [0.717, 1.165) is 12.8 Å². The summed E-state index contributed by atoms with van der Waals surface area (Å²) in [6, 6.07) is 0. The first kappa shape index (κ1) is 11.2. The molecule has 0 nitrogen and oxygen atoms in total. The molecule has 64 valence electrons. The summed E-state index contributed by atoms with van der Waals surface area (Å²) in [5.74, 6) is 17.9. The van der Waals surface area contributed by atoms with Crippen molar-refractivity contribution >= 4 is 0 Å². The molecular weight excluding hydrogens is 156 g/mol. The molecule has 0 radical (unpaired) electrons. The zero-order valence-electron chi connectivity index (χ0n) is 7.91. The molecule has 0 aromatic carbocycles. The zero-order chi connectivity index (χ0) is 9.78. The summed E-state index contributed by atoms with van der Waals surface area (Å²) >= 11 is 0. The zero-order valence-corrected chi connectivity index (χ0v) is 7.91. The van der Waals surface area contributed by atoms with E-state index >= 15 is 0 Å². The highest BCUT2D eigenvalue weighted by molar-refractivity contribution is 5.39. The number of rotatable bonds is 3. The summed E-state index contributed by atoms with van der Waals surface area (Å²) in [6.45, 7) is 2.17. The molecular formula is C13H12. The quantitative estimate of drug-likeness (QED) is 0.447. The molecule has 0 bridgehead atoms. The van der Waals surface area contributed by atoms with Crippen LogP contribution in [0.3, 0.4) is 0 Å². The Hall–Kier alpha value is -1.76. The minimum absolute atomic E-state index is 0.922. The van der Waals surface area contributed by atoms with Crippen molar-refractivity contribution in [1.29, 1.82) is 0 Å². The van der Waals surface area contributed by atoms with Crippen LogP contribution in [0.2, 0.25) is 0 Å². The molecule has 0 aromatic heterocycles. The first-order valence-corrected chi connectivity index (χ1v) is 4.35. The maximum atomic E-state index is 4.90. The number of hydrogen-bond acceptors (Lipinski definition) is 0. The van der Waals surface area contributed by atoms with Gasteiger partial charge in [0.15, 0.2) is 0 Å². The standard InChI is InChI=1S/C13H12/c1-3-5-7-9-11-13-12-10-8-6-4-2/h1H,4,6,8,10H2,2H3. The van der Waals surface area contributed by atoms with Gasteiger partial charge in [-0.05, 0) is 41.9 Å². The third-order valence-electron chi connectivity index (χ3n) is 1.32. The summed E-state index contributed by atoms with van der Waals surface area (Å²) in [7, 11) is 0. The molecule has 0 amide bonds. The Kier molecular flexibility index (Phi) is 8.85. The van der Waals surface area contributed by atoms with Gasteiger partial charge in [0.25, 0.3) is 0 Å². The lowest BCUT2D eigenvalue weighted by Crippen LogP contribution is -1.70. The van der Waals surface area contributed by atoms with Crippen LogP contribution in [0, 0.1) is 47.9 Å². The third kappa shape index (κ3) is 10.2. The van der Waals surface area contributed by atoms with E-state index < -0.39 is 0 Å². The van der Waals surface area contributed by atoms with E-state index in [4.69, 9.17) is 6.42 Å². The lowest BCUT2D eigenvalue weighted by Gasteiger charge is -1.86. The molecule has 0 rings (SSSR count). The molecule has 0 aliphatic carbocycles. The van der Waals surface area contributed by atoms with Crippen molar-refractivity contribution in [2.24, 2.45) is 0 Å². The lowest BCUT2D eigenvalue weighted by molar-refractivity contribution is 0.737. The minimum atomic E-state index is 0.922. The normalized spacial score (nSPS) is 6.15. The van der Waals surface area contributed by atoms with Crippen LogP contribution in [0.25, 0.3) is 0 Å². The second-order valence-electron chi connectivity index (χ2n) is 2.40. The highest BCUT2D eigenvalue weighted by atomic mass is 13.8. The lowest BCUT2D eigenvalue weighted by atomic mass is 10.2. The summed E-state index contributed by atoms with van der Waals surface area (Å²) in [5.41, 5.74) is 0. The maximum Gasteiger partial charge on any atom is 0.00989 e.